The summed E-state index contributed by atoms with van der Waals surface area (Å²) in [6.07, 6.45) is 9.32. The lowest BCUT2D eigenvalue weighted by molar-refractivity contribution is 0.502. The molecule has 3 saturated carbocycles. The van der Waals surface area contributed by atoms with Gasteiger partial charge in [-0.25, -0.2) is 0 Å². The molecule has 1 aromatic rings. The highest BCUT2D eigenvalue weighted by atomic mass is 32.2. The van der Waals surface area contributed by atoms with E-state index < -0.39 is 0 Å². The van der Waals surface area contributed by atoms with Gasteiger partial charge in [0.2, 0.25) is 0 Å². The zero-order valence-corrected chi connectivity index (χ0v) is 13.7. The van der Waals surface area contributed by atoms with Gasteiger partial charge in [-0.15, -0.1) is 10.2 Å². The Kier molecular flexibility index (Phi) is 3.96. The molecule has 5 heteroatoms. The first-order valence-electron chi connectivity index (χ1n) is 8.67. The molecular formula is C16H26N4S. The Morgan fingerprint density at radius 3 is 2.62 bits per heavy atom. The van der Waals surface area contributed by atoms with E-state index in [1.54, 1.807) is 0 Å². The molecule has 0 amide bonds. The second-order valence-corrected chi connectivity index (χ2v) is 7.91. The Hall–Kier alpha value is -0.550. The Balaban J connectivity index is 1.41. The average molecular weight is 306 g/mol. The summed E-state index contributed by atoms with van der Waals surface area (Å²) >= 11 is 1.94. The monoisotopic (exact) mass is 306 g/mol. The van der Waals surface area contributed by atoms with Gasteiger partial charge in [0, 0.05) is 23.8 Å². The highest BCUT2D eigenvalue weighted by Gasteiger charge is 2.37. The Labute approximate surface area is 131 Å². The Morgan fingerprint density at radius 1 is 1.19 bits per heavy atom. The smallest absolute Gasteiger partial charge is 0.191 e. The molecule has 4 nitrogen and oxygen atoms in total. The third-order valence-electron chi connectivity index (χ3n) is 4.78. The number of aromatic nitrogens is 3. The molecule has 116 valence electrons. The normalized spacial score (nSPS) is 23.5. The highest BCUT2D eigenvalue weighted by Crippen LogP contribution is 2.46. The summed E-state index contributed by atoms with van der Waals surface area (Å²) in [4.78, 5) is 0. The second-order valence-electron chi connectivity index (χ2n) is 6.93. The van der Waals surface area contributed by atoms with E-state index in [1.807, 2.05) is 11.8 Å². The van der Waals surface area contributed by atoms with Crippen molar-refractivity contribution in [2.75, 3.05) is 12.3 Å². The summed E-state index contributed by atoms with van der Waals surface area (Å²) in [6, 6.07) is 1.38. The maximum atomic E-state index is 4.52. The first-order chi connectivity index (χ1) is 10.4. The average Bonchev–Trinajstić information content (AvgIpc) is 3.36. The maximum absolute atomic E-state index is 4.52. The zero-order chi connectivity index (χ0) is 14.2. The topological polar surface area (TPSA) is 42.7 Å². The standard InChI is InChI=1S/C16H26N4S/c1-2-9-17-14(11-3-4-11)10-21-16-19-18-15(12-5-6-12)20(16)13-7-8-13/h11-14,17H,2-10H2,1H3. The molecule has 1 heterocycles. The third kappa shape index (κ3) is 3.29. The number of rotatable bonds is 9. The lowest BCUT2D eigenvalue weighted by Crippen LogP contribution is -2.34. The summed E-state index contributed by atoms with van der Waals surface area (Å²) in [7, 11) is 0. The van der Waals surface area contributed by atoms with E-state index in [9.17, 15) is 0 Å². The van der Waals surface area contributed by atoms with Crippen LogP contribution in [0.25, 0.3) is 0 Å². The molecule has 1 aromatic heterocycles. The van der Waals surface area contributed by atoms with Gasteiger partial charge < -0.3 is 9.88 Å². The van der Waals surface area contributed by atoms with Crippen LogP contribution in [-0.4, -0.2) is 33.1 Å². The Morgan fingerprint density at radius 2 is 2.00 bits per heavy atom. The molecule has 0 saturated heterocycles. The summed E-state index contributed by atoms with van der Waals surface area (Å²) in [5.74, 6) is 4.05. The number of hydrogen-bond donors (Lipinski definition) is 1. The number of thioether (sulfide) groups is 1. The van der Waals surface area contributed by atoms with Gasteiger partial charge in [-0.2, -0.15) is 0 Å². The summed E-state index contributed by atoms with van der Waals surface area (Å²) in [5.41, 5.74) is 0. The van der Waals surface area contributed by atoms with Gasteiger partial charge in [0.25, 0.3) is 0 Å². The fourth-order valence-corrected chi connectivity index (χ4v) is 4.24. The summed E-state index contributed by atoms with van der Waals surface area (Å²) in [5, 5.41) is 13.9. The molecule has 21 heavy (non-hydrogen) atoms. The van der Waals surface area contributed by atoms with Crippen molar-refractivity contribution in [2.45, 2.75) is 75.0 Å². The van der Waals surface area contributed by atoms with Gasteiger partial charge in [0.15, 0.2) is 5.16 Å². The van der Waals surface area contributed by atoms with Gasteiger partial charge in [-0.3, -0.25) is 0 Å². The van der Waals surface area contributed by atoms with Crippen LogP contribution in [0.4, 0.5) is 0 Å². The van der Waals surface area contributed by atoms with E-state index in [0.29, 0.717) is 18.0 Å². The molecule has 0 aliphatic heterocycles. The quantitative estimate of drug-likeness (QED) is 0.710. The SMILES string of the molecule is CCCNC(CSc1nnc(C2CC2)n1C1CC1)C1CC1. The van der Waals surface area contributed by atoms with Crippen molar-refractivity contribution in [2.24, 2.45) is 5.92 Å². The van der Waals surface area contributed by atoms with Gasteiger partial charge in [0.1, 0.15) is 5.82 Å². The van der Waals surface area contributed by atoms with Crippen LogP contribution in [0.15, 0.2) is 5.16 Å². The highest BCUT2D eigenvalue weighted by molar-refractivity contribution is 7.99. The summed E-state index contributed by atoms with van der Waals surface area (Å²) in [6.45, 7) is 3.39. The number of hydrogen-bond acceptors (Lipinski definition) is 4. The lowest BCUT2D eigenvalue weighted by atomic mass is 10.2. The number of nitrogens with zero attached hydrogens (tertiary/aromatic N) is 3. The zero-order valence-electron chi connectivity index (χ0n) is 12.9. The molecule has 1 atom stereocenters. The molecule has 0 bridgehead atoms. The van der Waals surface area contributed by atoms with Crippen molar-refractivity contribution in [1.29, 1.82) is 0 Å². The third-order valence-corrected chi connectivity index (χ3v) is 5.85. The first kappa shape index (κ1) is 14.1. The molecular weight excluding hydrogens is 280 g/mol. The van der Waals surface area contributed by atoms with Crippen LogP contribution < -0.4 is 5.32 Å². The molecule has 1 unspecified atom stereocenters. The minimum atomic E-state index is 0.670. The van der Waals surface area contributed by atoms with Crippen molar-refractivity contribution in [3.63, 3.8) is 0 Å². The van der Waals surface area contributed by atoms with Crippen LogP contribution in [0.3, 0.4) is 0 Å². The van der Waals surface area contributed by atoms with E-state index in [2.05, 4.69) is 27.0 Å². The molecule has 4 rings (SSSR count). The molecule has 0 spiro atoms. The van der Waals surface area contributed by atoms with Crippen molar-refractivity contribution < 1.29 is 0 Å². The second kappa shape index (κ2) is 5.92. The van der Waals surface area contributed by atoms with E-state index in [-0.39, 0.29) is 0 Å². The maximum Gasteiger partial charge on any atom is 0.191 e. The molecule has 3 fully saturated rings. The van der Waals surface area contributed by atoms with Gasteiger partial charge >= 0.3 is 0 Å². The van der Waals surface area contributed by atoms with E-state index in [4.69, 9.17) is 0 Å². The molecule has 0 radical (unpaired) electrons. The van der Waals surface area contributed by atoms with E-state index in [0.717, 1.165) is 18.2 Å². The van der Waals surface area contributed by atoms with Gasteiger partial charge in [0.05, 0.1) is 0 Å². The fraction of sp³-hybridized carbons (Fsp3) is 0.875. The lowest BCUT2D eigenvalue weighted by Gasteiger charge is -2.17. The molecule has 3 aliphatic rings. The van der Waals surface area contributed by atoms with Crippen LogP contribution in [-0.2, 0) is 0 Å². The van der Waals surface area contributed by atoms with Crippen molar-refractivity contribution >= 4 is 11.8 Å². The number of nitrogens with one attached hydrogen (secondary N) is 1. The van der Waals surface area contributed by atoms with Gasteiger partial charge in [-0.05, 0) is 57.4 Å². The minimum Gasteiger partial charge on any atom is -0.313 e. The Bertz CT molecular complexity index is 488. The van der Waals surface area contributed by atoms with Crippen LogP contribution >= 0.6 is 11.8 Å². The predicted molar refractivity (Wildman–Crippen MR) is 85.8 cm³/mol. The minimum absolute atomic E-state index is 0.670. The largest absolute Gasteiger partial charge is 0.313 e. The van der Waals surface area contributed by atoms with Crippen LogP contribution in [0, 0.1) is 5.92 Å². The van der Waals surface area contributed by atoms with Crippen LogP contribution in [0.2, 0.25) is 0 Å². The van der Waals surface area contributed by atoms with Gasteiger partial charge in [-0.1, -0.05) is 18.7 Å². The molecule has 3 aliphatic carbocycles. The van der Waals surface area contributed by atoms with Crippen molar-refractivity contribution in [1.82, 2.24) is 20.1 Å². The van der Waals surface area contributed by atoms with Crippen LogP contribution in [0.5, 0.6) is 0 Å². The van der Waals surface area contributed by atoms with Crippen molar-refractivity contribution in [3.8, 4) is 0 Å². The van der Waals surface area contributed by atoms with Crippen molar-refractivity contribution in [3.05, 3.63) is 5.82 Å². The van der Waals surface area contributed by atoms with E-state index >= 15 is 0 Å². The predicted octanol–water partition coefficient (Wildman–Crippen LogP) is 3.36. The molecule has 1 N–H and O–H groups in total. The van der Waals surface area contributed by atoms with E-state index in [1.165, 1.54) is 55.9 Å². The summed E-state index contributed by atoms with van der Waals surface area (Å²) < 4.78 is 2.48. The fourth-order valence-electron chi connectivity index (χ4n) is 3.04. The first-order valence-corrected chi connectivity index (χ1v) is 9.66. The molecule has 0 aromatic carbocycles. The van der Waals surface area contributed by atoms with Crippen LogP contribution in [0.1, 0.15) is 69.7 Å².